The lowest BCUT2D eigenvalue weighted by Crippen LogP contribution is -2.34. The molecule has 0 radical (unpaired) electrons. The van der Waals surface area contributed by atoms with Crippen LogP contribution in [0.1, 0.15) is 17.0 Å². The molecule has 1 saturated heterocycles. The van der Waals surface area contributed by atoms with Crippen LogP contribution in [0.2, 0.25) is 0 Å². The topological polar surface area (TPSA) is 74.3 Å². The molecule has 7 nitrogen and oxygen atoms in total. The molecule has 2 heterocycles. The number of amides is 1. The van der Waals surface area contributed by atoms with Gasteiger partial charge in [0.05, 0.1) is 6.61 Å². The second kappa shape index (κ2) is 6.63. The molecule has 1 aromatic rings. The Bertz CT molecular complexity index is 395. The molecule has 0 unspecified atom stereocenters. The first-order valence-electron chi connectivity index (χ1n) is 6.53. The number of nitrogens with zero attached hydrogens (tertiary/aromatic N) is 4. The Morgan fingerprint density at radius 2 is 2.53 bits per heavy atom. The summed E-state index contributed by atoms with van der Waals surface area (Å²) < 4.78 is 5.08. The molecular formula is C12H21N5O2. The van der Waals surface area contributed by atoms with Crippen LogP contribution >= 0.6 is 0 Å². The maximum Gasteiger partial charge on any atom is 0.290 e. The Morgan fingerprint density at radius 3 is 3.21 bits per heavy atom. The zero-order valence-electron chi connectivity index (χ0n) is 11.5. The van der Waals surface area contributed by atoms with Gasteiger partial charge in [-0.1, -0.05) is 0 Å². The van der Waals surface area contributed by atoms with Gasteiger partial charge in [-0.15, -0.1) is 0 Å². The van der Waals surface area contributed by atoms with E-state index in [9.17, 15) is 4.79 Å². The van der Waals surface area contributed by atoms with Gasteiger partial charge in [0.2, 0.25) is 5.82 Å². The number of likely N-dealkylation sites (tertiary alicyclic amines) is 1. The van der Waals surface area contributed by atoms with E-state index in [0.29, 0.717) is 11.7 Å². The van der Waals surface area contributed by atoms with Crippen LogP contribution in [0.4, 0.5) is 0 Å². The zero-order chi connectivity index (χ0) is 13.7. The molecule has 1 amide bonds. The molecule has 1 aromatic heterocycles. The smallest absolute Gasteiger partial charge is 0.290 e. The van der Waals surface area contributed by atoms with Crippen molar-refractivity contribution in [3.05, 3.63) is 12.2 Å². The van der Waals surface area contributed by atoms with Crippen molar-refractivity contribution in [2.45, 2.75) is 6.42 Å². The third kappa shape index (κ3) is 3.74. The van der Waals surface area contributed by atoms with E-state index in [1.807, 2.05) is 7.05 Å². The van der Waals surface area contributed by atoms with Crippen molar-refractivity contribution in [2.75, 3.05) is 46.9 Å². The Kier molecular flexibility index (Phi) is 4.86. The molecule has 7 heteroatoms. The van der Waals surface area contributed by atoms with Crippen molar-refractivity contribution in [1.29, 1.82) is 0 Å². The Balaban J connectivity index is 1.77. The van der Waals surface area contributed by atoms with Gasteiger partial charge in [0.25, 0.3) is 5.91 Å². The number of hydrogen-bond acceptors (Lipinski definition) is 5. The minimum Gasteiger partial charge on any atom is -0.383 e. The number of ether oxygens (including phenoxy) is 1. The average molecular weight is 267 g/mol. The van der Waals surface area contributed by atoms with Gasteiger partial charge in [0, 0.05) is 33.8 Å². The van der Waals surface area contributed by atoms with E-state index in [1.165, 1.54) is 6.33 Å². The summed E-state index contributed by atoms with van der Waals surface area (Å²) in [5.41, 5.74) is 0. The van der Waals surface area contributed by atoms with Crippen LogP contribution in [0.15, 0.2) is 6.33 Å². The van der Waals surface area contributed by atoms with Gasteiger partial charge >= 0.3 is 0 Å². The van der Waals surface area contributed by atoms with Gasteiger partial charge in [-0.25, -0.2) is 4.98 Å². The standard InChI is InChI=1S/C12H21N5O2/c1-16(12(18)11-13-9-14-15-11)7-10-3-4-17(8-10)5-6-19-2/h9-10H,3-8H2,1-2H3,(H,13,14,15)/t10-/m0/s1. The third-order valence-corrected chi connectivity index (χ3v) is 3.48. The summed E-state index contributed by atoms with van der Waals surface area (Å²) in [4.78, 5) is 20.0. The minimum absolute atomic E-state index is 0.104. The molecule has 0 spiro atoms. The first kappa shape index (κ1) is 14.0. The summed E-state index contributed by atoms with van der Waals surface area (Å²) in [5, 5.41) is 6.30. The molecule has 2 rings (SSSR count). The number of carbonyl (C=O) groups excluding carboxylic acids is 1. The molecule has 1 atom stereocenters. The molecule has 19 heavy (non-hydrogen) atoms. The molecule has 1 aliphatic rings. The predicted octanol–water partition coefficient (Wildman–Crippen LogP) is -0.155. The van der Waals surface area contributed by atoms with E-state index in [2.05, 4.69) is 20.1 Å². The summed E-state index contributed by atoms with van der Waals surface area (Å²) in [6.07, 6.45) is 2.47. The summed E-state index contributed by atoms with van der Waals surface area (Å²) in [7, 11) is 3.53. The molecule has 0 aromatic carbocycles. The van der Waals surface area contributed by atoms with Gasteiger partial charge in [0.1, 0.15) is 6.33 Å². The van der Waals surface area contributed by atoms with Crippen LogP contribution in [-0.4, -0.2) is 77.8 Å². The summed E-state index contributed by atoms with van der Waals surface area (Å²) >= 11 is 0. The second-order valence-electron chi connectivity index (χ2n) is 4.97. The summed E-state index contributed by atoms with van der Waals surface area (Å²) in [6.45, 7) is 4.59. The highest BCUT2D eigenvalue weighted by molar-refractivity contribution is 5.90. The number of hydrogen-bond donors (Lipinski definition) is 1. The van der Waals surface area contributed by atoms with Crippen molar-refractivity contribution >= 4 is 5.91 Å². The van der Waals surface area contributed by atoms with E-state index in [4.69, 9.17) is 4.74 Å². The highest BCUT2D eigenvalue weighted by Crippen LogP contribution is 2.17. The molecular weight excluding hydrogens is 246 g/mol. The van der Waals surface area contributed by atoms with Crippen molar-refractivity contribution in [2.24, 2.45) is 5.92 Å². The molecule has 1 fully saturated rings. The lowest BCUT2D eigenvalue weighted by molar-refractivity contribution is 0.0760. The minimum atomic E-state index is -0.104. The van der Waals surface area contributed by atoms with Gasteiger partial charge in [0.15, 0.2) is 0 Å². The van der Waals surface area contributed by atoms with Crippen LogP contribution < -0.4 is 0 Å². The molecule has 1 aliphatic heterocycles. The molecule has 0 bridgehead atoms. The number of rotatable bonds is 6. The maximum atomic E-state index is 12.0. The number of H-pyrrole nitrogens is 1. The van der Waals surface area contributed by atoms with Crippen molar-refractivity contribution in [3.8, 4) is 0 Å². The Morgan fingerprint density at radius 1 is 1.68 bits per heavy atom. The fourth-order valence-electron chi connectivity index (χ4n) is 2.44. The number of aromatic amines is 1. The van der Waals surface area contributed by atoms with Crippen LogP contribution in [0.5, 0.6) is 0 Å². The first-order chi connectivity index (χ1) is 9.20. The normalized spacial score (nSPS) is 19.8. The quantitative estimate of drug-likeness (QED) is 0.775. The van der Waals surface area contributed by atoms with E-state index >= 15 is 0 Å². The molecule has 0 aliphatic carbocycles. The fourth-order valence-corrected chi connectivity index (χ4v) is 2.44. The fraction of sp³-hybridized carbons (Fsp3) is 0.750. The van der Waals surface area contributed by atoms with Crippen LogP contribution in [0.3, 0.4) is 0 Å². The SMILES string of the molecule is COCCN1CC[C@@H](CN(C)C(=O)c2ncn[nH]2)C1. The summed E-state index contributed by atoms with van der Waals surface area (Å²) in [5.74, 6) is 0.721. The Labute approximate surface area is 112 Å². The van der Waals surface area contributed by atoms with Crippen LogP contribution in [0, 0.1) is 5.92 Å². The highest BCUT2D eigenvalue weighted by atomic mass is 16.5. The number of nitrogens with one attached hydrogen (secondary N) is 1. The van der Waals surface area contributed by atoms with E-state index in [0.717, 1.165) is 39.2 Å². The molecule has 1 N–H and O–H groups in total. The van der Waals surface area contributed by atoms with Crippen LogP contribution in [-0.2, 0) is 4.74 Å². The predicted molar refractivity (Wildman–Crippen MR) is 69.8 cm³/mol. The number of aromatic nitrogens is 3. The van der Waals surface area contributed by atoms with Gasteiger partial charge < -0.3 is 14.5 Å². The lowest BCUT2D eigenvalue weighted by atomic mass is 10.1. The lowest BCUT2D eigenvalue weighted by Gasteiger charge is -2.20. The largest absolute Gasteiger partial charge is 0.383 e. The van der Waals surface area contributed by atoms with E-state index in [-0.39, 0.29) is 5.91 Å². The van der Waals surface area contributed by atoms with Crippen LogP contribution in [0.25, 0.3) is 0 Å². The maximum absolute atomic E-state index is 12.0. The van der Waals surface area contributed by atoms with E-state index < -0.39 is 0 Å². The third-order valence-electron chi connectivity index (χ3n) is 3.48. The number of methoxy groups -OCH3 is 1. The molecule has 0 saturated carbocycles. The monoisotopic (exact) mass is 267 g/mol. The van der Waals surface area contributed by atoms with Gasteiger partial charge in [-0.2, -0.15) is 5.10 Å². The zero-order valence-corrected chi connectivity index (χ0v) is 11.5. The van der Waals surface area contributed by atoms with Crippen molar-refractivity contribution in [1.82, 2.24) is 25.0 Å². The van der Waals surface area contributed by atoms with Crippen molar-refractivity contribution in [3.63, 3.8) is 0 Å². The number of carbonyl (C=O) groups is 1. The molecule has 106 valence electrons. The second-order valence-corrected chi connectivity index (χ2v) is 4.97. The highest BCUT2D eigenvalue weighted by Gasteiger charge is 2.25. The summed E-state index contributed by atoms with van der Waals surface area (Å²) in [6, 6.07) is 0. The Hall–Kier alpha value is -1.47. The van der Waals surface area contributed by atoms with Gasteiger partial charge in [-0.3, -0.25) is 9.89 Å². The van der Waals surface area contributed by atoms with E-state index in [1.54, 1.807) is 12.0 Å². The van der Waals surface area contributed by atoms with Gasteiger partial charge in [-0.05, 0) is 18.9 Å². The van der Waals surface area contributed by atoms with Crippen molar-refractivity contribution < 1.29 is 9.53 Å². The first-order valence-corrected chi connectivity index (χ1v) is 6.53. The average Bonchev–Trinajstić information content (AvgIpc) is 3.06.